The maximum atomic E-state index is 14.3. The first-order valence-electron chi connectivity index (χ1n) is 7.49. The highest BCUT2D eigenvalue weighted by atomic mass is 79.9. The van der Waals surface area contributed by atoms with E-state index in [-0.39, 0.29) is 5.91 Å². The maximum absolute atomic E-state index is 14.3. The summed E-state index contributed by atoms with van der Waals surface area (Å²) >= 11 is 3.44. The molecule has 4 rings (SSSR count). The normalized spacial score (nSPS) is 11.0. The molecule has 0 spiro atoms. The molecule has 0 saturated heterocycles. The molecule has 0 aliphatic rings. The molecule has 2 N–H and O–H groups in total. The Labute approximate surface area is 150 Å². The van der Waals surface area contributed by atoms with E-state index >= 15 is 0 Å². The van der Waals surface area contributed by atoms with Crippen LogP contribution in [0.5, 0.6) is 0 Å². The Kier molecular flexibility index (Phi) is 3.85. The predicted molar refractivity (Wildman–Crippen MR) is 97.5 cm³/mol. The fraction of sp³-hybridized carbons (Fsp3) is 0. The van der Waals surface area contributed by atoms with Gasteiger partial charge in [-0.15, -0.1) is 0 Å². The van der Waals surface area contributed by atoms with Gasteiger partial charge in [-0.05, 0) is 40.2 Å². The number of amides is 1. The summed E-state index contributed by atoms with van der Waals surface area (Å²) in [5.74, 6) is -0.802. The minimum Gasteiger partial charge on any atom is -0.350 e. The van der Waals surface area contributed by atoms with Crippen LogP contribution in [-0.4, -0.2) is 20.4 Å². The van der Waals surface area contributed by atoms with Crippen molar-refractivity contribution in [3.63, 3.8) is 0 Å². The number of hydrogen-bond donors (Lipinski definition) is 2. The first-order chi connectivity index (χ1) is 12.1. The molecule has 124 valence electrons. The Bertz CT molecular complexity index is 1070. The second kappa shape index (κ2) is 6.18. The minimum absolute atomic E-state index is 0.349. The number of rotatable bonds is 3. The number of carbonyl (C=O) groups is 1. The Hall–Kier alpha value is -2.93. The van der Waals surface area contributed by atoms with Gasteiger partial charge in [0.1, 0.15) is 11.5 Å². The lowest BCUT2D eigenvalue weighted by atomic mass is 10.2. The average Bonchev–Trinajstić information content (AvgIpc) is 3.24. The predicted octanol–water partition coefficient (Wildman–Crippen LogP) is 4.51. The van der Waals surface area contributed by atoms with Crippen LogP contribution < -0.4 is 5.32 Å². The number of hydrogen-bond acceptors (Lipinski definition) is 2. The summed E-state index contributed by atoms with van der Waals surface area (Å²) in [5.41, 5.74) is 1.97. The number of aromatic amines is 1. The zero-order valence-electron chi connectivity index (χ0n) is 12.8. The van der Waals surface area contributed by atoms with Gasteiger partial charge in [0, 0.05) is 29.0 Å². The Morgan fingerprint density at radius 3 is 2.80 bits per heavy atom. The lowest BCUT2D eigenvalue weighted by Crippen LogP contribution is -2.13. The number of fused-ring (bicyclic) bond motifs is 1. The molecule has 4 aromatic rings. The fourth-order valence-electron chi connectivity index (χ4n) is 2.65. The van der Waals surface area contributed by atoms with Gasteiger partial charge in [0.25, 0.3) is 5.91 Å². The molecule has 5 nitrogen and oxygen atoms in total. The maximum Gasteiger partial charge on any atom is 0.273 e. The van der Waals surface area contributed by atoms with E-state index in [1.54, 1.807) is 29.1 Å². The van der Waals surface area contributed by atoms with Crippen molar-refractivity contribution in [3.05, 3.63) is 77.2 Å². The standard InChI is InChI=1S/C18H12BrFN4O/c19-16-12-3-1-2-4-14(12)23-17(16)18(25)22-11-5-6-15(13(20)9-11)24-8-7-21-10-24/h1-10,23H,(H,22,25). The molecule has 0 aliphatic carbocycles. The highest BCUT2D eigenvalue weighted by Gasteiger charge is 2.16. The summed E-state index contributed by atoms with van der Waals surface area (Å²) in [7, 11) is 0. The average molecular weight is 399 g/mol. The van der Waals surface area contributed by atoms with Gasteiger partial charge in [-0.3, -0.25) is 4.79 Å². The number of benzene rings is 2. The zero-order chi connectivity index (χ0) is 17.4. The molecule has 0 radical (unpaired) electrons. The van der Waals surface area contributed by atoms with Crippen molar-refractivity contribution >= 4 is 38.4 Å². The quantitative estimate of drug-likeness (QED) is 0.533. The van der Waals surface area contributed by atoms with E-state index in [9.17, 15) is 9.18 Å². The molecular formula is C18H12BrFN4O. The third-order valence-corrected chi connectivity index (χ3v) is 4.68. The van der Waals surface area contributed by atoms with Crippen LogP contribution in [0.2, 0.25) is 0 Å². The van der Waals surface area contributed by atoms with E-state index in [0.717, 1.165) is 10.9 Å². The molecule has 0 saturated carbocycles. The van der Waals surface area contributed by atoms with Gasteiger partial charge in [0.15, 0.2) is 0 Å². The van der Waals surface area contributed by atoms with E-state index in [1.807, 2.05) is 24.3 Å². The van der Waals surface area contributed by atoms with Crippen LogP contribution in [0.3, 0.4) is 0 Å². The molecule has 2 aromatic heterocycles. The summed E-state index contributed by atoms with van der Waals surface area (Å²) in [6.07, 6.45) is 4.74. The minimum atomic E-state index is -0.452. The lowest BCUT2D eigenvalue weighted by Gasteiger charge is -2.08. The second-order valence-electron chi connectivity index (χ2n) is 5.45. The number of para-hydroxylation sites is 1. The molecule has 2 heterocycles. The first kappa shape index (κ1) is 15.6. The van der Waals surface area contributed by atoms with Gasteiger partial charge in [-0.1, -0.05) is 18.2 Å². The Balaban J connectivity index is 1.62. The van der Waals surface area contributed by atoms with Crippen LogP contribution in [0.1, 0.15) is 10.5 Å². The number of imidazole rings is 1. The fourth-order valence-corrected chi connectivity index (χ4v) is 3.28. The van der Waals surface area contributed by atoms with Crippen molar-refractivity contribution in [2.75, 3.05) is 5.32 Å². The molecule has 0 fully saturated rings. The number of halogens is 2. The second-order valence-corrected chi connectivity index (χ2v) is 6.24. The van der Waals surface area contributed by atoms with Gasteiger partial charge in [0.2, 0.25) is 0 Å². The van der Waals surface area contributed by atoms with Crippen molar-refractivity contribution in [3.8, 4) is 5.69 Å². The largest absolute Gasteiger partial charge is 0.350 e. The molecular weight excluding hydrogens is 387 g/mol. The van der Waals surface area contributed by atoms with Crippen molar-refractivity contribution in [1.82, 2.24) is 14.5 Å². The van der Waals surface area contributed by atoms with Gasteiger partial charge in [-0.2, -0.15) is 0 Å². The van der Waals surface area contributed by atoms with Crippen LogP contribution in [0.4, 0.5) is 10.1 Å². The van der Waals surface area contributed by atoms with E-state index < -0.39 is 5.82 Å². The zero-order valence-corrected chi connectivity index (χ0v) is 14.4. The monoisotopic (exact) mass is 398 g/mol. The molecule has 0 atom stereocenters. The summed E-state index contributed by atoms with van der Waals surface area (Å²) in [6, 6.07) is 12.1. The highest BCUT2D eigenvalue weighted by molar-refractivity contribution is 9.10. The number of nitrogens with one attached hydrogen (secondary N) is 2. The van der Waals surface area contributed by atoms with Crippen LogP contribution in [0.15, 0.2) is 65.7 Å². The molecule has 0 aliphatic heterocycles. The molecule has 2 aromatic carbocycles. The summed E-state index contributed by atoms with van der Waals surface area (Å²) in [4.78, 5) is 19.5. The van der Waals surface area contributed by atoms with Crippen LogP contribution >= 0.6 is 15.9 Å². The van der Waals surface area contributed by atoms with Crippen LogP contribution in [0.25, 0.3) is 16.6 Å². The van der Waals surface area contributed by atoms with Crippen molar-refractivity contribution in [2.45, 2.75) is 0 Å². The third kappa shape index (κ3) is 2.83. The van der Waals surface area contributed by atoms with Gasteiger partial charge < -0.3 is 14.9 Å². The topological polar surface area (TPSA) is 62.7 Å². The van der Waals surface area contributed by atoms with Crippen molar-refractivity contribution in [1.29, 1.82) is 0 Å². The summed E-state index contributed by atoms with van der Waals surface area (Å²) in [5, 5.41) is 3.62. The van der Waals surface area contributed by atoms with Crippen LogP contribution in [-0.2, 0) is 0 Å². The first-order valence-corrected chi connectivity index (χ1v) is 8.28. The molecule has 1 amide bonds. The smallest absolute Gasteiger partial charge is 0.273 e. The number of nitrogens with zero attached hydrogens (tertiary/aromatic N) is 2. The van der Waals surface area contributed by atoms with Crippen molar-refractivity contribution < 1.29 is 9.18 Å². The van der Waals surface area contributed by atoms with Gasteiger partial charge in [0.05, 0.1) is 16.5 Å². The molecule has 25 heavy (non-hydrogen) atoms. The molecule has 7 heteroatoms. The van der Waals surface area contributed by atoms with E-state index in [0.29, 0.717) is 21.5 Å². The number of carbonyl (C=O) groups excluding carboxylic acids is 1. The highest BCUT2D eigenvalue weighted by Crippen LogP contribution is 2.28. The Morgan fingerprint density at radius 2 is 2.08 bits per heavy atom. The Morgan fingerprint density at radius 1 is 1.24 bits per heavy atom. The number of H-pyrrole nitrogens is 1. The summed E-state index contributed by atoms with van der Waals surface area (Å²) in [6.45, 7) is 0. The van der Waals surface area contributed by atoms with E-state index in [2.05, 4.69) is 31.2 Å². The molecule has 0 bridgehead atoms. The van der Waals surface area contributed by atoms with E-state index in [4.69, 9.17) is 0 Å². The molecule has 0 unspecified atom stereocenters. The van der Waals surface area contributed by atoms with Crippen molar-refractivity contribution in [2.24, 2.45) is 0 Å². The van der Waals surface area contributed by atoms with E-state index in [1.165, 1.54) is 12.4 Å². The summed E-state index contributed by atoms with van der Waals surface area (Å²) < 4.78 is 16.5. The SMILES string of the molecule is O=C(Nc1ccc(-n2ccnc2)c(F)c1)c1[nH]c2ccccc2c1Br. The number of aromatic nitrogens is 3. The van der Waals surface area contributed by atoms with Gasteiger partial charge in [-0.25, -0.2) is 9.37 Å². The van der Waals surface area contributed by atoms with Crippen LogP contribution in [0, 0.1) is 5.82 Å². The van der Waals surface area contributed by atoms with Gasteiger partial charge >= 0.3 is 0 Å². The third-order valence-electron chi connectivity index (χ3n) is 3.86. The number of anilines is 1. The lowest BCUT2D eigenvalue weighted by molar-refractivity contribution is 0.102.